The Morgan fingerprint density at radius 1 is 1.57 bits per heavy atom. The molecule has 0 amide bonds. The minimum absolute atomic E-state index is 0.170. The topological polar surface area (TPSA) is 37.3 Å². The molecule has 82 valence electrons. The van der Waals surface area contributed by atoms with E-state index in [0.717, 1.165) is 25.7 Å². The van der Waals surface area contributed by atoms with Crippen LogP contribution in [0.4, 0.5) is 0 Å². The Kier molecular flexibility index (Phi) is 3.71. The Labute approximate surface area is 86.7 Å². The highest BCUT2D eigenvalue weighted by molar-refractivity contribution is 5.80. The normalized spacial score (nSPS) is 28.9. The molecule has 2 atom stereocenters. The second-order valence-electron chi connectivity index (χ2n) is 5.54. The first-order chi connectivity index (χ1) is 6.44. The number of rotatable bonds is 3. The third-order valence-electron chi connectivity index (χ3n) is 3.37. The van der Waals surface area contributed by atoms with Crippen LogP contribution < -0.4 is 0 Å². The molecule has 0 heterocycles. The molecule has 1 saturated carbocycles. The van der Waals surface area contributed by atoms with Crippen LogP contribution in [-0.2, 0) is 4.79 Å². The van der Waals surface area contributed by atoms with Crippen molar-refractivity contribution in [3.8, 4) is 0 Å². The monoisotopic (exact) mass is 198 g/mol. The molecule has 0 aliphatic heterocycles. The molecule has 1 fully saturated rings. The molecule has 0 bridgehead atoms. The van der Waals surface area contributed by atoms with Crippen molar-refractivity contribution < 1.29 is 9.90 Å². The molecule has 1 aliphatic carbocycles. The van der Waals surface area contributed by atoms with E-state index in [-0.39, 0.29) is 12.0 Å². The first kappa shape index (κ1) is 11.7. The van der Waals surface area contributed by atoms with Gasteiger partial charge in [-0.05, 0) is 30.1 Å². The smallest absolute Gasteiger partial charge is 0.133 e. The molecule has 2 heteroatoms. The number of carbonyl (C=O) groups excluding carboxylic acids is 1. The van der Waals surface area contributed by atoms with Gasteiger partial charge < -0.3 is 5.11 Å². The Balaban J connectivity index is 2.57. The van der Waals surface area contributed by atoms with Crippen LogP contribution in [0.3, 0.4) is 0 Å². The van der Waals surface area contributed by atoms with Crippen LogP contribution in [0.2, 0.25) is 0 Å². The lowest BCUT2D eigenvalue weighted by atomic mass is 9.67. The van der Waals surface area contributed by atoms with Gasteiger partial charge in [-0.15, -0.1) is 0 Å². The highest BCUT2D eigenvalue weighted by atomic mass is 16.3. The number of aliphatic hydroxyl groups is 1. The van der Waals surface area contributed by atoms with Gasteiger partial charge in [0.25, 0.3) is 0 Å². The summed E-state index contributed by atoms with van der Waals surface area (Å²) in [6.07, 6.45) is 3.41. The largest absolute Gasteiger partial charge is 0.396 e. The van der Waals surface area contributed by atoms with Crippen molar-refractivity contribution in [2.75, 3.05) is 6.61 Å². The van der Waals surface area contributed by atoms with E-state index in [1.54, 1.807) is 0 Å². The lowest BCUT2D eigenvalue weighted by Crippen LogP contribution is -2.32. The summed E-state index contributed by atoms with van der Waals surface area (Å²) in [6, 6.07) is 0. The van der Waals surface area contributed by atoms with Gasteiger partial charge in [-0.2, -0.15) is 0 Å². The molecule has 0 radical (unpaired) electrons. The van der Waals surface area contributed by atoms with Gasteiger partial charge in [0, 0.05) is 19.4 Å². The van der Waals surface area contributed by atoms with Crippen molar-refractivity contribution in [2.24, 2.45) is 17.3 Å². The minimum atomic E-state index is 0.170. The number of carbonyl (C=O) groups is 1. The number of ketones is 1. The molecule has 1 rings (SSSR count). The zero-order chi connectivity index (χ0) is 10.8. The van der Waals surface area contributed by atoms with Gasteiger partial charge in [0.15, 0.2) is 0 Å². The Morgan fingerprint density at radius 2 is 2.21 bits per heavy atom. The molecule has 1 N–H and O–H groups in total. The zero-order valence-electron chi connectivity index (χ0n) is 9.55. The van der Waals surface area contributed by atoms with E-state index in [9.17, 15) is 4.79 Å². The highest BCUT2D eigenvalue weighted by Gasteiger charge is 2.34. The Hall–Kier alpha value is -0.370. The fraction of sp³-hybridized carbons (Fsp3) is 0.917. The number of aliphatic hydroxyl groups excluding tert-OH is 1. The van der Waals surface area contributed by atoms with E-state index in [1.165, 1.54) is 0 Å². The summed E-state index contributed by atoms with van der Waals surface area (Å²) in [5, 5.41) is 8.88. The fourth-order valence-corrected chi connectivity index (χ4v) is 2.59. The third kappa shape index (κ3) is 3.09. The molecular formula is C12H22O2. The maximum Gasteiger partial charge on any atom is 0.133 e. The van der Waals surface area contributed by atoms with Crippen LogP contribution in [0, 0.1) is 17.3 Å². The van der Waals surface area contributed by atoms with Crippen molar-refractivity contribution >= 4 is 5.78 Å². The van der Waals surface area contributed by atoms with Crippen molar-refractivity contribution in [1.29, 1.82) is 0 Å². The van der Waals surface area contributed by atoms with Crippen LogP contribution in [0.15, 0.2) is 0 Å². The van der Waals surface area contributed by atoms with Gasteiger partial charge in [0.05, 0.1) is 0 Å². The fourth-order valence-electron chi connectivity index (χ4n) is 2.59. The van der Waals surface area contributed by atoms with E-state index in [0.29, 0.717) is 17.6 Å². The summed E-state index contributed by atoms with van der Waals surface area (Å²) < 4.78 is 0. The van der Waals surface area contributed by atoms with E-state index in [2.05, 4.69) is 20.8 Å². The van der Waals surface area contributed by atoms with Crippen LogP contribution in [-0.4, -0.2) is 17.5 Å². The maximum absolute atomic E-state index is 11.5. The van der Waals surface area contributed by atoms with Gasteiger partial charge >= 0.3 is 0 Å². The quantitative estimate of drug-likeness (QED) is 0.756. The average Bonchev–Trinajstić information content (AvgIpc) is 2.00. The number of hydrogen-bond donors (Lipinski definition) is 1. The second kappa shape index (κ2) is 4.43. The molecule has 0 aromatic heterocycles. The zero-order valence-corrected chi connectivity index (χ0v) is 9.55. The van der Waals surface area contributed by atoms with Crippen LogP contribution in [0.5, 0.6) is 0 Å². The van der Waals surface area contributed by atoms with Gasteiger partial charge in [-0.25, -0.2) is 0 Å². The lowest BCUT2D eigenvalue weighted by molar-refractivity contribution is -0.125. The van der Waals surface area contributed by atoms with Crippen molar-refractivity contribution in [3.05, 3.63) is 0 Å². The highest BCUT2D eigenvalue weighted by Crippen LogP contribution is 2.40. The van der Waals surface area contributed by atoms with Gasteiger partial charge in [0.1, 0.15) is 5.78 Å². The molecule has 1 aliphatic rings. The Morgan fingerprint density at radius 3 is 2.71 bits per heavy atom. The number of Topliss-reactive ketones (excluding diaryl/α,β-unsaturated/α-hetero) is 1. The molecule has 0 spiro atoms. The van der Waals surface area contributed by atoms with E-state index >= 15 is 0 Å². The van der Waals surface area contributed by atoms with E-state index in [4.69, 9.17) is 5.11 Å². The molecule has 2 unspecified atom stereocenters. The van der Waals surface area contributed by atoms with Crippen molar-refractivity contribution in [3.63, 3.8) is 0 Å². The molecule has 0 aromatic rings. The predicted molar refractivity (Wildman–Crippen MR) is 57.0 cm³/mol. The van der Waals surface area contributed by atoms with Gasteiger partial charge in [0.2, 0.25) is 0 Å². The van der Waals surface area contributed by atoms with Gasteiger partial charge in [-0.3, -0.25) is 4.79 Å². The summed E-state index contributed by atoms with van der Waals surface area (Å²) in [6.45, 7) is 6.73. The lowest BCUT2D eigenvalue weighted by Gasteiger charge is -2.37. The molecule has 0 aromatic carbocycles. The van der Waals surface area contributed by atoms with Crippen molar-refractivity contribution in [2.45, 2.75) is 46.5 Å². The average molecular weight is 198 g/mol. The van der Waals surface area contributed by atoms with Crippen molar-refractivity contribution in [1.82, 2.24) is 0 Å². The summed E-state index contributed by atoms with van der Waals surface area (Å²) in [7, 11) is 0. The maximum atomic E-state index is 11.5. The third-order valence-corrected chi connectivity index (χ3v) is 3.37. The van der Waals surface area contributed by atoms with E-state index in [1.807, 2.05) is 0 Å². The molecular weight excluding hydrogens is 176 g/mol. The predicted octanol–water partition coefficient (Wildman–Crippen LogP) is 2.40. The number of hydrogen-bond acceptors (Lipinski definition) is 2. The standard InChI is InChI=1S/C12H22O2/c1-9(4-5-13)10-6-11(14)8-12(2,3)7-10/h9-10,13H,4-8H2,1-3H3. The summed E-state index contributed by atoms with van der Waals surface area (Å²) in [4.78, 5) is 11.5. The molecule has 0 saturated heterocycles. The van der Waals surface area contributed by atoms with Crippen LogP contribution >= 0.6 is 0 Å². The SMILES string of the molecule is CC(CCO)C1CC(=O)CC(C)(C)C1. The second-order valence-corrected chi connectivity index (χ2v) is 5.54. The Bertz CT molecular complexity index is 208. The first-order valence-electron chi connectivity index (χ1n) is 5.57. The van der Waals surface area contributed by atoms with E-state index < -0.39 is 0 Å². The molecule has 2 nitrogen and oxygen atoms in total. The van der Waals surface area contributed by atoms with Crippen LogP contribution in [0.1, 0.15) is 46.5 Å². The minimum Gasteiger partial charge on any atom is -0.396 e. The summed E-state index contributed by atoms with van der Waals surface area (Å²) in [5.74, 6) is 1.36. The molecule has 14 heavy (non-hydrogen) atoms. The summed E-state index contributed by atoms with van der Waals surface area (Å²) >= 11 is 0. The first-order valence-corrected chi connectivity index (χ1v) is 5.57. The summed E-state index contributed by atoms with van der Waals surface area (Å²) in [5.41, 5.74) is 0.170. The van der Waals surface area contributed by atoms with Gasteiger partial charge in [-0.1, -0.05) is 20.8 Å². The van der Waals surface area contributed by atoms with Crippen LogP contribution in [0.25, 0.3) is 0 Å².